The van der Waals surface area contributed by atoms with Gasteiger partial charge in [-0.1, -0.05) is 0 Å². The lowest BCUT2D eigenvalue weighted by Crippen LogP contribution is -2.24. The average molecular weight is 283 g/mol. The van der Waals surface area contributed by atoms with Crippen LogP contribution in [0.4, 0.5) is 5.69 Å². The van der Waals surface area contributed by atoms with E-state index < -0.39 is 23.2 Å². The van der Waals surface area contributed by atoms with Gasteiger partial charge in [-0.3, -0.25) is 10.1 Å². The summed E-state index contributed by atoms with van der Waals surface area (Å²) in [6.07, 6.45) is -2.05. The summed E-state index contributed by atoms with van der Waals surface area (Å²) in [6.45, 7) is -0.320. The second kappa shape index (κ2) is 4.89. The third kappa shape index (κ3) is 2.07. The molecule has 2 heterocycles. The van der Waals surface area contributed by atoms with Crippen molar-refractivity contribution in [1.29, 1.82) is 0 Å². The van der Waals surface area contributed by atoms with Crippen LogP contribution >= 0.6 is 0 Å². The third-order valence-electron chi connectivity index (χ3n) is 3.47. The SMILES string of the molecule is O=[N+]([O-])c1cc2c(cc1[C@H]1C[C@H](O)[C@@H](CO)O1)OCO2. The molecule has 1 aromatic rings. The highest BCUT2D eigenvalue weighted by Gasteiger charge is 2.38. The van der Waals surface area contributed by atoms with Crippen molar-refractivity contribution in [1.82, 2.24) is 0 Å². The largest absolute Gasteiger partial charge is 0.454 e. The van der Waals surface area contributed by atoms with Gasteiger partial charge in [-0.15, -0.1) is 0 Å². The van der Waals surface area contributed by atoms with Gasteiger partial charge in [0.2, 0.25) is 6.79 Å². The van der Waals surface area contributed by atoms with Crippen molar-refractivity contribution >= 4 is 5.69 Å². The maximum absolute atomic E-state index is 11.2. The lowest BCUT2D eigenvalue weighted by atomic mass is 10.0. The normalized spacial score (nSPS) is 27.8. The van der Waals surface area contributed by atoms with Gasteiger partial charge in [0.1, 0.15) is 6.10 Å². The van der Waals surface area contributed by atoms with Gasteiger partial charge in [-0.05, 0) is 6.07 Å². The van der Waals surface area contributed by atoms with E-state index >= 15 is 0 Å². The predicted octanol–water partition coefficient (Wildman–Crippen LogP) is 0.507. The molecular formula is C12H13NO7. The van der Waals surface area contributed by atoms with E-state index in [0.717, 1.165) is 0 Å². The quantitative estimate of drug-likeness (QED) is 0.614. The Bertz CT molecular complexity index is 547. The number of hydrogen-bond acceptors (Lipinski definition) is 7. The molecule has 1 fully saturated rings. The zero-order valence-corrected chi connectivity index (χ0v) is 10.4. The molecule has 0 aliphatic carbocycles. The first kappa shape index (κ1) is 13.1. The molecule has 0 radical (unpaired) electrons. The highest BCUT2D eigenvalue weighted by Crippen LogP contribution is 2.44. The van der Waals surface area contributed by atoms with Gasteiger partial charge >= 0.3 is 0 Å². The van der Waals surface area contributed by atoms with Crippen LogP contribution in [-0.4, -0.2) is 40.7 Å². The maximum Gasteiger partial charge on any atom is 0.279 e. The number of nitro benzene ring substituents is 1. The standard InChI is InChI=1S/C12H13NO7/c14-4-12-8(15)3-9(20-12)6-1-10-11(19-5-18-10)2-7(6)13(16)17/h1-2,8-9,12,14-15H,3-5H2/t8-,9+,12+/m0/s1. The van der Waals surface area contributed by atoms with E-state index in [-0.39, 0.29) is 25.5 Å². The summed E-state index contributed by atoms with van der Waals surface area (Å²) >= 11 is 0. The molecule has 8 nitrogen and oxygen atoms in total. The first-order chi connectivity index (χ1) is 9.60. The fourth-order valence-electron chi connectivity index (χ4n) is 2.46. The second-order valence-corrected chi connectivity index (χ2v) is 4.67. The van der Waals surface area contributed by atoms with Crippen molar-refractivity contribution in [3.8, 4) is 11.5 Å². The molecule has 0 aromatic heterocycles. The number of rotatable bonds is 3. The third-order valence-corrected chi connectivity index (χ3v) is 3.47. The number of benzene rings is 1. The van der Waals surface area contributed by atoms with E-state index in [0.29, 0.717) is 17.1 Å². The molecule has 0 saturated carbocycles. The zero-order valence-electron chi connectivity index (χ0n) is 10.4. The van der Waals surface area contributed by atoms with E-state index in [9.17, 15) is 15.2 Å². The van der Waals surface area contributed by atoms with E-state index in [1.54, 1.807) is 0 Å². The molecule has 1 aromatic carbocycles. The van der Waals surface area contributed by atoms with Crippen LogP contribution < -0.4 is 9.47 Å². The summed E-state index contributed by atoms with van der Waals surface area (Å²) in [5.41, 5.74) is 0.166. The van der Waals surface area contributed by atoms with Crippen molar-refractivity contribution in [2.45, 2.75) is 24.7 Å². The second-order valence-electron chi connectivity index (χ2n) is 4.67. The number of aliphatic hydroxyl groups excluding tert-OH is 2. The molecule has 2 N–H and O–H groups in total. The van der Waals surface area contributed by atoms with Crippen molar-refractivity contribution in [2.75, 3.05) is 13.4 Å². The number of nitrogens with zero attached hydrogens (tertiary/aromatic N) is 1. The van der Waals surface area contributed by atoms with E-state index in [2.05, 4.69) is 0 Å². The fourth-order valence-corrected chi connectivity index (χ4v) is 2.46. The molecule has 0 amide bonds. The number of fused-ring (bicyclic) bond motifs is 1. The van der Waals surface area contributed by atoms with Crippen molar-refractivity contribution < 1.29 is 29.3 Å². The van der Waals surface area contributed by atoms with Crippen molar-refractivity contribution in [2.24, 2.45) is 0 Å². The summed E-state index contributed by atoms with van der Waals surface area (Å²) in [4.78, 5) is 10.6. The van der Waals surface area contributed by atoms with Gasteiger partial charge in [-0.2, -0.15) is 0 Å². The lowest BCUT2D eigenvalue weighted by Gasteiger charge is -2.13. The van der Waals surface area contributed by atoms with Crippen LogP contribution in [0.1, 0.15) is 18.1 Å². The monoisotopic (exact) mass is 283 g/mol. The highest BCUT2D eigenvalue weighted by atomic mass is 16.7. The molecule has 20 heavy (non-hydrogen) atoms. The van der Waals surface area contributed by atoms with Gasteiger partial charge in [0.25, 0.3) is 5.69 Å². The summed E-state index contributed by atoms with van der Waals surface area (Å²) in [5, 5.41) is 30.0. The summed E-state index contributed by atoms with van der Waals surface area (Å²) in [6, 6.07) is 2.79. The molecule has 3 atom stereocenters. The van der Waals surface area contributed by atoms with Crippen LogP contribution in [0, 0.1) is 10.1 Å². The molecular weight excluding hydrogens is 270 g/mol. The minimum absolute atomic E-state index is 0.0172. The Balaban J connectivity index is 1.98. The highest BCUT2D eigenvalue weighted by molar-refractivity contribution is 5.56. The van der Waals surface area contributed by atoms with Crippen LogP contribution in [0.2, 0.25) is 0 Å². The number of hydrogen-bond donors (Lipinski definition) is 2. The van der Waals surface area contributed by atoms with E-state index in [4.69, 9.17) is 19.3 Å². The van der Waals surface area contributed by atoms with Gasteiger partial charge in [-0.25, -0.2) is 0 Å². The topological polar surface area (TPSA) is 111 Å². The van der Waals surface area contributed by atoms with Crippen LogP contribution in [-0.2, 0) is 4.74 Å². The number of aliphatic hydroxyl groups is 2. The van der Waals surface area contributed by atoms with E-state index in [1.807, 2.05) is 0 Å². The minimum Gasteiger partial charge on any atom is -0.454 e. The van der Waals surface area contributed by atoms with Gasteiger partial charge in [0.15, 0.2) is 11.5 Å². The molecule has 3 rings (SSSR count). The maximum atomic E-state index is 11.2. The lowest BCUT2D eigenvalue weighted by molar-refractivity contribution is -0.386. The van der Waals surface area contributed by atoms with Gasteiger partial charge in [0.05, 0.1) is 35.4 Å². The van der Waals surface area contributed by atoms with Crippen molar-refractivity contribution in [3.63, 3.8) is 0 Å². The van der Waals surface area contributed by atoms with Crippen LogP contribution in [0.25, 0.3) is 0 Å². The Labute approximate surface area is 113 Å². The van der Waals surface area contributed by atoms with Gasteiger partial charge in [0, 0.05) is 6.42 Å². The van der Waals surface area contributed by atoms with E-state index in [1.165, 1.54) is 12.1 Å². The Morgan fingerprint density at radius 1 is 1.35 bits per heavy atom. The average Bonchev–Trinajstić information content (AvgIpc) is 3.02. The Kier molecular flexibility index (Phi) is 3.20. The smallest absolute Gasteiger partial charge is 0.279 e. The molecule has 0 bridgehead atoms. The zero-order chi connectivity index (χ0) is 14.3. The molecule has 2 aliphatic heterocycles. The Hall–Kier alpha value is -1.90. The minimum atomic E-state index is -0.852. The van der Waals surface area contributed by atoms with Crippen molar-refractivity contribution in [3.05, 3.63) is 27.8 Å². The summed E-state index contributed by atoms with van der Waals surface area (Å²) in [5.74, 6) is 0.730. The molecule has 0 spiro atoms. The predicted molar refractivity (Wildman–Crippen MR) is 64.5 cm³/mol. The first-order valence-electron chi connectivity index (χ1n) is 6.12. The molecule has 8 heteroatoms. The van der Waals surface area contributed by atoms with Crippen LogP contribution in [0.15, 0.2) is 12.1 Å². The number of nitro groups is 1. The Morgan fingerprint density at radius 3 is 2.65 bits per heavy atom. The van der Waals surface area contributed by atoms with Gasteiger partial charge < -0.3 is 24.4 Å². The Morgan fingerprint density at radius 2 is 2.05 bits per heavy atom. The van der Waals surface area contributed by atoms with Crippen LogP contribution in [0.5, 0.6) is 11.5 Å². The summed E-state index contributed by atoms with van der Waals surface area (Å²) < 4.78 is 15.8. The molecule has 1 saturated heterocycles. The molecule has 2 aliphatic rings. The summed E-state index contributed by atoms with van der Waals surface area (Å²) in [7, 11) is 0. The number of ether oxygens (including phenoxy) is 3. The fraction of sp³-hybridized carbons (Fsp3) is 0.500. The molecule has 108 valence electrons. The van der Waals surface area contributed by atoms with Crippen LogP contribution in [0.3, 0.4) is 0 Å². The molecule has 0 unspecified atom stereocenters. The first-order valence-corrected chi connectivity index (χ1v) is 6.12.